The first-order valence-corrected chi connectivity index (χ1v) is 7.29. The smallest absolute Gasteiger partial charge is 0.0559 e. The molecule has 0 saturated heterocycles. The Morgan fingerprint density at radius 2 is 1.58 bits per heavy atom. The van der Waals surface area contributed by atoms with Gasteiger partial charge < -0.3 is 5.73 Å². The Hall–Kier alpha value is -1.12. The predicted octanol–water partition coefficient (Wildman–Crippen LogP) is 4.73. The van der Waals surface area contributed by atoms with E-state index in [1.807, 2.05) is 6.07 Å². The van der Waals surface area contributed by atoms with Crippen molar-refractivity contribution in [3.8, 4) is 0 Å². The van der Waals surface area contributed by atoms with E-state index in [9.17, 15) is 0 Å². The minimum absolute atomic E-state index is 0.0712. The molecule has 0 radical (unpaired) electrons. The highest BCUT2D eigenvalue weighted by molar-refractivity contribution is 9.10. The van der Waals surface area contributed by atoms with Gasteiger partial charge in [-0.1, -0.05) is 45.8 Å². The first-order chi connectivity index (χ1) is 8.91. The van der Waals surface area contributed by atoms with Gasteiger partial charge in [0.2, 0.25) is 0 Å². The maximum atomic E-state index is 6.52. The van der Waals surface area contributed by atoms with Crippen molar-refractivity contribution in [3.05, 3.63) is 68.2 Å². The molecule has 1 unspecified atom stereocenters. The van der Waals surface area contributed by atoms with Crippen LogP contribution in [0, 0.1) is 27.7 Å². The third-order valence-corrected chi connectivity index (χ3v) is 4.55. The van der Waals surface area contributed by atoms with Crippen LogP contribution in [0.25, 0.3) is 0 Å². The van der Waals surface area contributed by atoms with E-state index < -0.39 is 0 Å². The second kappa shape index (κ2) is 5.48. The van der Waals surface area contributed by atoms with Crippen molar-refractivity contribution < 1.29 is 0 Å². The van der Waals surface area contributed by atoms with E-state index in [0.29, 0.717) is 0 Å². The fourth-order valence-corrected chi connectivity index (χ4v) is 3.18. The number of rotatable bonds is 2. The molecule has 0 bridgehead atoms. The molecule has 2 rings (SSSR count). The lowest BCUT2D eigenvalue weighted by Gasteiger charge is -2.21. The van der Waals surface area contributed by atoms with Gasteiger partial charge in [-0.2, -0.15) is 0 Å². The van der Waals surface area contributed by atoms with Gasteiger partial charge in [0.1, 0.15) is 0 Å². The fraction of sp³-hybridized carbons (Fsp3) is 0.294. The predicted molar refractivity (Wildman–Crippen MR) is 85.6 cm³/mol. The summed E-state index contributed by atoms with van der Waals surface area (Å²) in [5.41, 5.74) is 14.0. The summed E-state index contributed by atoms with van der Waals surface area (Å²) in [5, 5.41) is 0. The van der Waals surface area contributed by atoms with Crippen LogP contribution in [0.2, 0.25) is 0 Å². The summed E-state index contributed by atoms with van der Waals surface area (Å²) < 4.78 is 1.11. The van der Waals surface area contributed by atoms with Crippen LogP contribution < -0.4 is 5.73 Å². The summed E-state index contributed by atoms with van der Waals surface area (Å²) in [5.74, 6) is 0. The number of halogens is 1. The molecule has 0 aliphatic carbocycles. The molecular formula is C17H20BrN. The molecule has 1 nitrogen and oxygen atoms in total. The van der Waals surface area contributed by atoms with Gasteiger partial charge in [-0.3, -0.25) is 0 Å². The van der Waals surface area contributed by atoms with Crippen LogP contribution in [0.1, 0.15) is 39.4 Å². The zero-order valence-corrected chi connectivity index (χ0v) is 13.5. The standard InChI is InChI=1S/C17H20BrN/c1-10-8-11(2)16(12(3)9-10)17(19)14-6-5-7-15(18)13(14)4/h5-9,17H,19H2,1-4H3. The second-order valence-corrected chi connectivity index (χ2v) is 6.10. The van der Waals surface area contributed by atoms with Crippen molar-refractivity contribution in [2.45, 2.75) is 33.7 Å². The molecule has 2 aromatic rings. The summed E-state index contributed by atoms with van der Waals surface area (Å²) in [6, 6.07) is 10.6. The molecule has 0 aromatic heterocycles. The first kappa shape index (κ1) is 14.3. The monoisotopic (exact) mass is 317 g/mol. The van der Waals surface area contributed by atoms with E-state index >= 15 is 0 Å². The number of hydrogen-bond acceptors (Lipinski definition) is 1. The fourth-order valence-electron chi connectivity index (χ4n) is 2.80. The average molecular weight is 318 g/mol. The van der Waals surface area contributed by atoms with Crippen molar-refractivity contribution in [3.63, 3.8) is 0 Å². The molecule has 0 aliphatic heterocycles. The summed E-state index contributed by atoms with van der Waals surface area (Å²) in [6.45, 7) is 8.52. The largest absolute Gasteiger partial charge is 0.320 e. The Bertz CT molecular complexity index is 594. The average Bonchev–Trinajstić information content (AvgIpc) is 2.31. The lowest BCUT2D eigenvalue weighted by molar-refractivity contribution is 0.840. The Labute approximate surface area is 124 Å². The lowest BCUT2D eigenvalue weighted by atomic mass is 9.89. The molecule has 19 heavy (non-hydrogen) atoms. The van der Waals surface area contributed by atoms with Gasteiger partial charge in [0.25, 0.3) is 0 Å². The molecule has 0 fully saturated rings. The molecule has 1 atom stereocenters. The number of benzene rings is 2. The SMILES string of the molecule is Cc1cc(C)c(C(N)c2cccc(Br)c2C)c(C)c1. The van der Waals surface area contributed by atoms with Crippen LogP contribution >= 0.6 is 15.9 Å². The van der Waals surface area contributed by atoms with Crippen LogP contribution in [0.3, 0.4) is 0 Å². The molecule has 0 aliphatic rings. The van der Waals surface area contributed by atoms with E-state index in [1.165, 1.54) is 33.4 Å². The lowest BCUT2D eigenvalue weighted by Crippen LogP contribution is -2.16. The van der Waals surface area contributed by atoms with Gasteiger partial charge >= 0.3 is 0 Å². The third kappa shape index (κ3) is 2.75. The summed E-state index contributed by atoms with van der Waals surface area (Å²) in [6.07, 6.45) is 0. The normalized spacial score (nSPS) is 12.5. The van der Waals surface area contributed by atoms with Crippen LogP contribution in [-0.4, -0.2) is 0 Å². The Balaban J connectivity index is 2.56. The zero-order chi connectivity index (χ0) is 14.2. The highest BCUT2D eigenvalue weighted by Crippen LogP contribution is 2.31. The Kier molecular flexibility index (Phi) is 4.12. The quantitative estimate of drug-likeness (QED) is 0.851. The van der Waals surface area contributed by atoms with Gasteiger partial charge in [-0.05, 0) is 61.6 Å². The van der Waals surface area contributed by atoms with Gasteiger partial charge in [0.15, 0.2) is 0 Å². The van der Waals surface area contributed by atoms with Crippen LogP contribution in [0.4, 0.5) is 0 Å². The van der Waals surface area contributed by atoms with Crippen LogP contribution in [0.5, 0.6) is 0 Å². The Morgan fingerprint density at radius 1 is 1.00 bits per heavy atom. The van der Waals surface area contributed by atoms with E-state index in [-0.39, 0.29) is 6.04 Å². The van der Waals surface area contributed by atoms with Crippen LogP contribution in [-0.2, 0) is 0 Å². The molecular weight excluding hydrogens is 298 g/mol. The number of nitrogens with two attached hydrogens (primary N) is 1. The minimum atomic E-state index is -0.0712. The van der Waals surface area contributed by atoms with Crippen molar-refractivity contribution >= 4 is 15.9 Å². The van der Waals surface area contributed by atoms with Gasteiger partial charge in [-0.15, -0.1) is 0 Å². The van der Waals surface area contributed by atoms with Crippen molar-refractivity contribution in [2.75, 3.05) is 0 Å². The summed E-state index contributed by atoms with van der Waals surface area (Å²) in [7, 11) is 0. The molecule has 2 heteroatoms. The number of hydrogen-bond donors (Lipinski definition) is 1. The van der Waals surface area contributed by atoms with E-state index in [2.05, 4.69) is 67.9 Å². The maximum Gasteiger partial charge on any atom is 0.0559 e. The molecule has 0 amide bonds. The van der Waals surface area contributed by atoms with Crippen molar-refractivity contribution in [1.29, 1.82) is 0 Å². The van der Waals surface area contributed by atoms with E-state index in [4.69, 9.17) is 5.73 Å². The molecule has 0 spiro atoms. The highest BCUT2D eigenvalue weighted by Gasteiger charge is 2.17. The van der Waals surface area contributed by atoms with Crippen molar-refractivity contribution in [2.24, 2.45) is 5.73 Å². The Morgan fingerprint density at radius 3 is 2.16 bits per heavy atom. The summed E-state index contributed by atoms with van der Waals surface area (Å²) in [4.78, 5) is 0. The van der Waals surface area contributed by atoms with Crippen molar-refractivity contribution in [1.82, 2.24) is 0 Å². The van der Waals surface area contributed by atoms with Gasteiger partial charge in [0, 0.05) is 4.47 Å². The molecule has 0 heterocycles. The minimum Gasteiger partial charge on any atom is -0.320 e. The molecule has 2 N–H and O–H groups in total. The van der Waals surface area contributed by atoms with Crippen LogP contribution in [0.15, 0.2) is 34.8 Å². The zero-order valence-electron chi connectivity index (χ0n) is 11.9. The van der Waals surface area contributed by atoms with Gasteiger partial charge in [-0.25, -0.2) is 0 Å². The van der Waals surface area contributed by atoms with Gasteiger partial charge in [0.05, 0.1) is 6.04 Å². The first-order valence-electron chi connectivity index (χ1n) is 6.50. The maximum absolute atomic E-state index is 6.52. The summed E-state index contributed by atoms with van der Waals surface area (Å²) >= 11 is 3.58. The number of aryl methyl sites for hydroxylation is 3. The van der Waals surface area contributed by atoms with E-state index in [0.717, 1.165) is 4.47 Å². The highest BCUT2D eigenvalue weighted by atomic mass is 79.9. The molecule has 100 valence electrons. The topological polar surface area (TPSA) is 26.0 Å². The van der Waals surface area contributed by atoms with E-state index in [1.54, 1.807) is 0 Å². The third-order valence-electron chi connectivity index (χ3n) is 3.69. The molecule has 2 aromatic carbocycles. The second-order valence-electron chi connectivity index (χ2n) is 5.24. The molecule has 0 saturated carbocycles.